The number of rotatable bonds is 3. The normalized spacial score (nSPS) is 10.7. The summed E-state index contributed by atoms with van der Waals surface area (Å²) >= 11 is 0. The largest absolute Gasteiger partial charge is 0.480 e. The van der Waals surface area contributed by atoms with Crippen LogP contribution >= 0.6 is 0 Å². The van der Waals surface area contributed by atoms with E-state index in [2.05, 4.69) is 0 Å². The van der Waals surface area contributed by atoms with Gasteiger partial charge in [-0.15, -0.1) is 0 Å². The summed E-state index contributed by atoms with van der Waals surface area (Å²) in [5.41, 5.74) is -1.07. The van der Waals surface area contributed by atoms with Crippen LogP contribution in [-0.4, -0.2) is 22.2 Å². The van der Waals surface area contributed by atoms with E-state index in [1.807, 2.05) is 0 Å². The molecule has 0 spiro atoms. The van der Waals surface area contributed by atoms with Crippen molar-refractivity contribution in [2.24, 2.45) is 0 Å². The van der Waals surface area contributed by atoms with E-state index >= 15 is 0 Å². The van der Waals surface area contributed by atoms with Gasteiger partial charge in [-0.25, -0.2) is 4.79 Å². The van der Waals surface area contributed by atoms with Crippen molar-refractivity contribution < 1.29 is 24.2 Å². The second kappa shape index (κ2) is 4.33. The molecule has 6 nitrogen and oxygen atoms in total. The Kier molecular flexibility index (Phi) is 2.85. The number of hydrogen-bond acceptors (Lipinski definition) is 4. The second-order valence-electron chi connectivity index (χ2n) is 3.64. The molecule has 0 atom stereocenters. The summed E-state index contributed by atoms with van der Waals surface area (Å²) in [6, 6.07) is 7.69. The monoisotopic (exact) mass is 248 g/mol. The predicted octanol–water partition coefficient (Wildman–Crippen LogP) is 1.05. The van der Waals surface area contributed by atoms with Crippen LogP contribution in [0.1, 0.15) is 11.5 Å². The summed E-state index contributed by atoms with van der Waals surface area (Å²) in [5, 5.41) is 18.1. The van der Waals surface area contributed by atoms with Gasteiger partial charge in [0, 0.05) is 5.39 Å². The Morgan fingerprint density at radius 3 is 2.33 bits per heavy atom. The average molecular weight is 248 g/mol. The van der Waals surface area contributed by atoms with Gasteiger partial charge in [-0.3, -0.25) is 9.59 Å². The highest BCUT2D eigenvalue weighted by Crippen LogP contribution is 2.19. The van der Waals surface area contributed by atoms with Gasteiger partial charge in [0.2, 0.25) is 0 Å². The smallest absolute Gasteiger partial charge is 0.340 e. The first-order valence-corrected chi connectivity index (χ1v) is 4.99. The standard InChI is InChI=1S/C12H8O6/c13-10(14)9(11(15)16)7-5-6-3-1-2-4-8(6)18-12(7)17/h1-5,9H,(H,13,14)(H,15,16). The molecule has 0 aliphatic heterocycles. The molecule has 92 valence electrons. The zero-order valence-corrected chi connectivity index (χ0v) is 8.99. The van der Waals surface area contributed by atoms with Crippen molar-refractivity contribution in [3.63, 3.8) is 0 Å². The Morgan fingerprint density at radius 1 is 1.11 bits per heavy atom. The van der Waals surface area contributed by atoms with E-state index in [1.54, 1.807) is 18.2 Å². The van der Waals surface area contributed by atoms with Gasteiger partial charge in [0.1, 0.15) is 5.58 Å². The van der Waals surface area contributed by atoms with Crippen molar-refractivity contribution in [3.05, 3.63) is 46.3 Å². The zero-order chi connectivity index (χ0) is 13.3. The summed E-state index contributed by atoms with van der Waals surface area (Å²) in [6.45, 7) is 0. The lowest BCUT2D eigenvalue weighted by molar-refractivity contribution is -0.150. The van der Waals surface area contributed by atoms with Crippen molar-refractivity contribution >= 4 is 22.9 Å². The highest BCUT2D eigenvalue weighted by atomic mass is 16.4. The van der Waals surface area contributed by atoms with Gasteiger partial charge < -0.3 is 14.6 Å². The Morgan fingerprint density at radius 2 is 1.72 bits per heavy atom. The number of fused-ring (bicyclic) bond motifs is 1. The molecule has 1 aromatic carbocycles. The van der Waals surface area contributed by atoms with Crippen LogP contribution in [0, 0.1) is 0 Å². The van der Waals surface area contributed by atoms with E-state index in [9.17, 15) is 14.4 Å². The SMILES string of the molecule is O=C(O)C(C(=O)O)c1cc2ccccc2oc1=O. The molecule has 2 N–H and O–H groups in total. The molecule has 0 saturated carbocycles. The van der Waals surface area contributed by atoms with Gasteiger partial charge in [-0.1, -0.05) is 18.2 Å². The van der Waals surface area contributed by atoms with Crippen molar-refractivity contribution in [2.45, 2.75) is 5.92 Å². The summed E-state index contributed by atoms with van der Waals surface area (Å²) in [7, 11) is 0. The molecule has 0 fully saturated rings. The Bertz CT molecular complexity index is 670. The van der Waals surface area contributed by atoms with E-state index in [0.717, 1.165) is 0 Å². The minimum atomic E-state index is -1.93. The molecular weight excluding hydrogens is 240 g/mol. The van der Waals surface area contributed by atoms with E-state index in [-0.39, 0.29) is 5.58 Å². The highest BCUT2D eigenvalue weighted by Gasteiger charge is 2.31. The maximum atomic E-state index is 11.6. The molecule has 0 aliphatic carbocycles. The number of aliphatic carboxylic acids is 2. The van der Waals surface area contributed by atoms with E-state index in [0.29, 0.717) is 5.39 Å². The number of carboxylic acid groups (broad SMARTS) is 2. The maximum absolute atomic E-state index is 11.6. The lowest BCUT2D eigenvalue weighted by Crippen LogP contribution is -2.26. The van der Waals surface area contributed by atoms with Crippen LogP contribution in [-0.2, 0) is 9.59 Å². The Labute approximate surface area is 100 Å². The lowest BCUT2D eigenvalue weighted by Gasteiger charge is -2.06. The summed E-state index contributed by atoms with van der Waals surface area (Å²) in [5.74, 6) is -5.14. The molecule has 1 heterocycles. The first-order valence-electron chi connectivity index (χ1n) is 4.99. The van der Waals surface area contributed by atoms with Gasteiger partial charge in [0.05, 0.1) is 5.56 Å². The molecule has 2 rings (SSSR count). The molecule has 1 aromatic heterocycles. The second-order valence-corrected chi connectivity index (χ2v) is 3.64. The summed E-state index contributed by atoms with van der Waals surface area (Å²) in [4.78, 5) is 33.3. The lowest BCUT2D eigenvalue weighted by atomic mass is 10.0. The first kappa shape index (κ1) is 11.8. The molecule has 0 amide bonds. The summed E-state index contributed by atoms with van der Waals surface area (Å²) < 4.78 is 4.89. The third-order valence-electron chi connectivity index (χ3n) is 2.47. The Balaban J connectivity index is 2.70. The minimum absolute atomic E-state index is 0.278. The fraction of sp³-hybridized carbons (Fsp3) is 0.0833. The van der Waals surface area contributed by atoms with Crippen LogP contribution < -0.4 is 5.63 Å². The molecule has 0 bridgehead atoms. The summed E-state index contributed by atoms with van der Waals surface area (Å²) in [6.07, 6.45) is 0. The van der Waals surface area contributed by atoms with E-state index < -0.39 is 29.0 Å². The fourth-order valence-electron chi connectivity index (χ4n) is 1.65. The molecule has 0 unspecified atom stereocenters. The fourth-order valence-corrected chi connectivity index (χ4v) is 1.65. The highest BCUT2D eigenvalue weighted by molar-refractivity contribution is 5.99. The van der Waals surface area contributed by atoms with E-state index in [4.69, 9.17) is 14.6 Å². The molecule has 0 radical (unpaired) electrons. The van der Waals surface area contributed by atoms with Crippen molar-refractivity contribution in [1.29, 1.82) is 0 Å². The molecule has 0 saturated heterocycles. The van der Waals surface area contributed by atoms with Crippen LogP contribution in [0.3, 0.4) is 0 Å². The predicted molar refractivity (Wildman–Crippen MR) is 60.5 cm³/mol. The van der Waals surface area contributed by atoms with E-state index in [1.165, 1.54) is 12.1 Å². The van der Waals surface area contributed by atoms with Crippen LogP contribution in [0.15, 0.2) is 39.5 Å². The number of benzene rings is 1. The van der Waals surface area contributed by atoms with Crippen LogP contribution in [0.5, 0.6) is 0 Å². The number of carbonyl (C=O) groups is 2. The van der Waals surface area contributed by atoms with Gasteiger partial charge in [-0.05, 0) is 12.1 Å². The van der Waals surface area contributed by atoms with Gasteiger partial charge >= 0.3 is 17.6 Å². The zero-order valence-electron chi connectivity index (χ0n) is 8.99. The molecule has 18 heavy (non-hydrogen) atoms. The van der Waals surface area contributed by atoms with Crippen molar-refractivity contribution in [2.75, 3.05) is 0 Å². The van der Waals surface area contributed by atoms with Gasteiger partial charge in [0.25, 0.3) is 0 Å². The molecule has 6 heteroatoms. The molecule has 2 aromatic rings. The van der Waals surface area contributed by atoms with Crippen molar-refractivity contribution in [1.82, 2.24) is 0 Å². The number of carboxylic acids is 2. The minimum Gasteiger partial charge on any atom is -0.480 e. The third kappa shape index (κ3) is 1.95. The van der Waals surface area contributed by atoms with Crippen molar-refractivity contribution in [3.8, 4) is 0 Å². The average Bonchev–Trinajstić information content (AvgIpc) is 2.29. The number of hydrogen-bond donors (Lipinski definition) is 2. The maximum Gasteiger partial charge on any atom is 0.340 e. The first-order chi connectivity index (χ1) is 8.50. The molecular formula is C12H8O6. The van der Waals surface area contributed by atoms with Crippen LogP contribution in [0.2, 0.25) is 0 Å². The van der Waals surface area contributed by atoms with Crippen LogP contribution in [0.4, 0.5) is 0 Å². The van der Waals surface area contributed by atoms with Crippen LogP contribution in [0.25, 0.3) is 11.0 Å². The third-order valence-corrected chi connectivity index (χ3v) is 2.47. The quantitative estimate of drug-likeness (QED) is 0.621. The topological polar surface area (TPSA) is 105 Å². The molecule has 0 aliphatic rings. The van der Waals surface area contributed by atoms with Gasteiger partial charge in [0.15, 0.2) is 5.92 Å². The Hall–Kier alpha value is -2.63. The number of para-hydroxylation sites is 1. The van der Waals surface area contributed by atoms with Gasteiger partial charge in [-0.2, -0.15) is 0 Å².